The lowest BCUT2D eigenvalue weighted by molar-refractivity contribution is 0.314. The first-order valence-electron chi connectivity index (χ1n) is 4.44. The summed E-state index contributed by atoms with van der Waals surface area (Å²) in [6.07, 6.45) is 0.874. The molecule has 78 valence electrons. The van der Waals surface area contributed by atoms with Gasteiger partial charge in [0.15, 0.2) is 11.6 Å². The minimum Gasteiger partial charge on any atom is -0.494 e. The predicted molar refractivity (Wildman–Crippen MR) is 53.2 cm³/mol. The van der Waals surface area contributed by atoms with Gasteiger partial charge in [0.25, 0.3) is 0 Å². The van der Waals surface area contributed by atoms with Gasteiger partial charge in [0, 0.05) is 12.1 Å². The first-order chi connectivity index (χ1) is 6.69. The number of hydrogen-bond acceptors (Lipinski definition) is 3. The molecule has 0 heterocycles. The largest absolute Gasteiger partial charge is 0.494 e. The molecule has 0 radical (unpaired) electrons. The molecule has 0 aliphatic heterocycles. The Morgan fingerprint density at radius 2 is 2.07 bits per heavy atom. The molecule has 0 amide bonds. The van der Waals surface area contributed by atoms with Crippen molar-refractivity contribution in [3.63, 3.8) is 0 Å². The fraction of sp³-hybridized carbons (Fsp3) is 0.400. The average Bonchev–Trinajstić information content (AvgIpc) is 2.17. The Bertz CT molecular complexity index is 315. The lowest BCUT2D eigenvalue weighted by Crippen LogP contribution is -2.00. The average molecular weight is 199 g/mol. The minimum atomic E-state index is -0.478. The number of hydrogen-bond donors (Lipinski definition) is 1. The summed E-state index contributed by atoms with van der Waals surface area (Å²) in [4.78, 5) is 0. The molecule has 0 atom stereocenters. The molecule has 1 aromatic carbocycles. The highest BCUT2D eigenvalue weighted by Gasteiger charge is 2.08. The van der Waals surface area contributed by atoms with E-state index >= 15 is 0 Å². The van der Waals surface area contributed by atoms with Gasteiger partial charge in [0.2, 0.25) is 0 Å². The van der Waals surface area contributed by atoms with Crippen molar-refractivity contribution in [3.05, 3.63) is 17.9 Å². The summed E-state index contributed by atoms with van der Waals surface area (Å²) in [7, 11) is 1.40. The maximum atomic E-state index is 13.1. The molecule has 0 saturated heterocycles. The maximum absolute atomic E-state index is 13.1. The van der Waals surface area contributed by atoms with Gasteiger partial charge in [-0.25, -0.2) is 4.39 Å². The van der Waals surface area contributed by atoms with Gasteiger partial charge in [0.1, 0.15) is 5.75 Å². The smallest absolute Gasteiger partial charge is 0.167 e. The number of nitrogen functional groups attached to an aromatic ring is 1. The van der Waals surface area contributed by atoms with Crippen LogP contribution in [0.4, 0.5) is 10.1 Å². The highest BCUT2D eigenvalue weighted by atomic mass is 19.1. The molecule has 0 aromatic heterocycles. The van der Waals surface area contributed by atoms with E-state index in [2.05, 4.69) is 0 Å². The van der Waals surface area contributed by atoms with Crippen LogP contribution in [0.25, 0.3) is 0 Å². The van der Waals surface area contributed by atoms with Crippen molar-refractivity contribution in [1.82, 2.24) is 0 Å². The Kier molecular flexibility index (Phi) is 3.56. The van der Waals surface area contributed by atoms with Gasteiger partial charge in [-0.05, 0) is 6.42 Å². The van der Waals surface area contributed by atoms with Crippen LogP contribution >= 0.6 is 0 Å². The van der Waals surface area contributed by atoms with Crippen molar-refractivity contribution in [2.45, 2.75) is 13.3 Å². The number of benzene rings is 1. The first kappa shape index (κ1) is 10.6. The Morgan fingerprint density at radius 1 is 1.36 bits per heavy atom. The molecule has 0 spiro atoms. The van der Waals surface area contributed by atoms with E-state index in [1.165, 1.54) is 19.2 Å². The van der Waals surface area contributed by atoms with E-state index < -0.39 is 5.82 Å². The highest BCUT2D eigenvalue weighted by molar-refractivity contribution is 5.56. The molecular weight excluding hydrogens is 185 g/mol. The van der Waals surface area contributed by atoms with Crippen LogP contribution in [0.3, 0.4) is 0 Å². The summed E-state index contributed by atoms with van der Waals surface area (Å²) < 4.78 is 23.2. The standard InChI is InChI=1S/C10H14FNO2/c1-3-4-14-10-6-9(13-2)7(11)5-8(10)12/h5-6H,3-4,12H2,1-2H3. The van der Waals surface area contributed by atoms with Crippen molar-refractivity contribution in [1.29, 1.82) is 0 Å². The zero-order valence-corrected chi connectivity index (χ0v) is 8.34. The molecule has 14 heavy (non-hydrogen) atoms. The van der Waals surface area contributed by atoms with E-state index in [4.69, 9.17) is 15.2 Å². The number of methoxy groups -OCH3 is 1. The Balaban J connectivity index is 2.92. The second kappa shape index (κ2) is 4.69. The van der Waals surface area contributed by atoms with Gasteiger partial charge in [0.05, 0.1) is 19.4 Å². The number of anilines is 1. The van der Waals surface area contributed by atoms with E-state index in [-0.39, 0.29) is 11.4 Å². The van der Waals surface area contributed by atoms with Crippen molar-refractivity contribution < 1.29 is 13.9 Å². The monoisotopic (exact) mass is 199 g/mol. The Morgan fingerprint density at radius 3 is 2.64 bits per heavy atom. The predicted octanol–water partition coefficient (Wildman–Crippen LogP) is 2.21. The SMILES string of the molecule is CCCOc1cc(OC)c(F)cc1N. The third kappa shape index (κ3) is 2.28. The summed E-state index contributed by atoms with van der Waals surface area (Å²) in [6.45, 7) is 2.54. The zero-order valence-electron chi connectivity index (χ0n) is 8.34. The quantitative estimate of drug-likeness (QED) is 0.756. The highest BCUT2D eigenvalue weighted by Crippen LogP contribution is 2.29. The van der Waals surface area contributed by atoms with E-state index in [1.807, 2.05) is 6.92 Å². The first-order valence-corrected chi connectivity index (χ1v) is 4.44. The zero-order chi connectivity index (χ0) is 10.6. The lowest BCUT2D eigenvalue weighted by atomic mass is 10.2. The van der Waals surface area contributed by atoms with Crippen molar-refractivity contribution >= 4 is 5.69 Å². The van der Waals surface area contributed by atoms with Crippen molar-refractivity contribution in [3.8, 4) is 11.5 Å². The topological polar surface area (TPSA) is 44.5 Å². The van der Waals surface area contributed by atoms with Crippen LogP contribution < -0.4 is 15.2 Å². The molecule has 0 aliphatic rings. The molecule has 0 bridgehead atoms. The van der Waals surface area contributed by atoms with Gasteiger partial charge >= 0.3 is 0 Å². The Labute approximate surface area is 82.6 Å². The van der Waals surface area contributed by atoms with Crippen LogP contribution in [0, 0.1) is 5.82 Å². The number of ether oxygens (including phenoxy) is 2. The maximum Gasteiger partial charge on any atom is 0.167 e. The van der Waals surface area contributed by atoms with Crippen LogP contribution in [-0.2, 0) is 0 Å². The normalized spacial score (nSPS) is 9.93. The molecule has 2 N–H and O–H groups in total. The minimum absolute atomic E-state index is 0.144. The lowest BCUT2D eigenvalue weighted by Gasteiger charge is -2.10. The molecule has 0 unspecified atom stereocenters. The number of halogens is 1. The third-order valence-electron chi connectivity index (χ3n) is 1.75. The summed E-state index contributed by atoms with van der Waals surface area (Å²) in [5.41, 5.74) is 5.85. The van der Waals surface area contributed by atoms with Crippen LogP contribution in [0.15, 0.2) is 12.1 Å². The molecule has 0 saturated carbocycles. The summed E-state index contributed by atoms with van der Waals surface area (Å²) in [5.74, 6) is 0.129. The Hall–Kier alpha value is -1.45. The molecule has 3 nitrogen and oxygen atoms in total. The number of nitrogens with two attached hydrogens (primary N) is 1. The summed E-state index contributed by atoms with van der Waals surface area (Å²) >= 11 is 0. The second-order valence-electron chi connectivity index (χ2n) is 2.87. The van der Waals surface area contributed by atoms with Crippen molar-refractivity contribution in [2.24, 2.45) is 0 Å². The van der Waals surface area contributed by atoms with Gasteiger partial charge in [-0.3, -0.25) is 0 Å². The van der Waals surface area contributed by atoms with Gasteiger partial charge in [-0.1, -0.05) is 6.92 Å². The van der Waals surface area contributed by atoms with Crippen molar-refractivity contribution in [2.75, 3.05) is 19.5 Å². The second-order valence-corrected chi connectivity index (χ2v) is 2.87. The molecular formula is C10H14FNO2. The van der Waals surface area contributed by atoms with E-state index in [1.54, 1.807) is 0 Å². The summed E-state index contributed by atoms with van der Waals surface area (Å²) in [5, 5.41) is 0. The molecule has 1 rings (SSSR count). The van der Waals surface area contributed by atoms with Crippen LogP contribution in [0.2, 0.25) is 0 Å². The van der Waals surface area contributed by atoms with Crippen LogP contribution in [-0.4, -0.2) is 13.7 Å². The fourth-order valence-corrected chi connectivity index (χ4v) is 1.04. The number of rotatable bonds is 4. The van der Waals surface area contributed by atoms with Crippen LogP contribution in [0.1, 0.15) is 13.3 Å². The third-order valence-corrected chi connectivity index (χ3v) is 1.75. The molecule has 1 aromatic rings. The molecule has 4 heteroatoms. The fourth-order valence-electron chi connectivity index (χ4n) is 1.04. The van der Waals surface area contributed by atoms with Gasteiger partial charge in [-0.2, -0.15) is 0 Å². The van der Waals surface area contributed by atoms with Crippen LogP contribution in [0.5, 0.6) is 11.5 Å². The van der Waals surface area contributed by atoms with Gasteiger partial charge < -0.3 is 15.2 Å². The molecule has 0 fully saturated rings. The molecule has 0 aliphatic carbocycles. The van der Waals surface area contributed by atoms with E-state index in [0.717, 1.165) is 6.42 Å². The van der Waals surface area contributed by atoms with Gasteiger partial charge in [-0.15, -0.1) is 0 Å². The van der Waals surface area contributed by atoms with E-state index in [0.29, 0.717) is 12.4 Å². The van der Waals surface area contributed by atoms with E-state index in [9.17, 15) is 4.39 Å². The summed E-state index contributed by atoms with van der Waals surface area (Å²) in [6, 6.07) is 2.66.